The highest BCUT2D eigenvalue weighted by Gasteiger charge is 2.07. The second-order valence-corrected chi connectivity index (χ2v) is 4.80. The molecule has 0 atom stereocenters. The highest BCUT2D eigenvalue weighted by atomic mass is 16.5. The minimum atomic E-state index is -0.522. The van der Waals surface area contributed by atoms with Crippen LogP contribution in [-0.2, 0) is 11.3 Å². The van der Waals surface area contributed by atoms with Gasteiger partial charge in [0.1, 0.15) is 5.75 Å². The van der Waals surface area contributed by atoms with Crippen LogP contribution >= 0.6 is 0 Å². The molecule has 0 aliphatic carbocycles. The van der Waals surface area contributed by atoms with Crippen LogP contribution in [0, 0.1) is 0 Å². The van der Waals surface area contributed by atoms with Crippen molar-refractivity contribution in [2.75, 3.05) is 19.0 Å². The Morgan fingerprint density at radius 2 is 1.83 bits per heavy atom. The van der Waals surface area contributed by atoms with Gasteiger partial charge in [0.2, 0.25) is 5.91 Å². The molecular formula is C17H19N3O3. The molecule has 0 aliphatic rings. The van der Waals surface area contributed by atoms with Crippen molar-refractivity contribution in [1.82, 2.24) is 10.6 Å². The van der Waals surface area contributed by atoms with Gasteiger partial charge in [0, 0.05) is 18.3 Å². The monoisotopic (exact) mass is 313 g/mol. The first-order valence-electron chi connectivity index (χ1n) is 7.17. The van der Waals surface area contributed by atoms with Crippen molar-refractivity contribution in [3.05, 3.63) is 60.2 Å². The van der Waals surface area contributed by atoms with Gasteiger partial charge >= 0.3 is 6.03 Å². The number of urea groups is 1. The average Bonchev–Trinajstić information content (AvgIpc) is 2.59. The molecule has 2 aromatic rings. The number of methoxy groups -OCH3 is 1. The number of carbonyl (C=O) groups is 2. The molecule has 2 aromatic carbocycles. The van der Waals surface area contributed by atoms with Crippen molar-refractivity contribution in [1.29, 1.82) is 0 Å². The zero-order valence-corrected chi connectivity index (χ0v) is 12.8. The molecule has 0 unspecified atom stereocenters. The summed E-state index contributed by atoms with van der Waals surface area (Å²) in [6.07, 6.45) is 0. The second-order valence-electron chi connectivity index (χ2n) is 4.80. The summed E-state index contributed by atoms with van der Waals surface area (Å²) >= 11 is 0. The number of benzene rings is 2. The van der Waals surface area contributed by atoms with Gasteiger partial charge in [-0.05, 0) is 17.7 Å². The Bertz CT molecular complexity index is 659. The molecule has 6 nitrogen and oxygen atoms in total. The third-order valence-electron chi connectivity index (χ3n) is 3.07. The predicted molar refractivity (Wildman–Crippen MR) is 88.3 cm³/mol. The van der Waals surface area contributed by atoms with Gasteiger partial charge in [-0.1, -0.05) is 36.4 Å². The minimum Gasteiger partial charge on any atom is -0.497 e. The Morgan fingerprint density at radius 3 is 2.57 bits per heavy atom. The van der Waals surface area contributed by atoms with Gasteiger partial charge in [0.15, 0.2) is 0 Å². The second kappa shape index (κ2) is 8.43. The van der Waals surface area contributed by atoms with Gasteiger partial charge < -0.3 is 15.4 Å². The molecule has 0 saturated heterocycles. The summed E-state index contributed by atoms with van der Waals surface area (Å²) in [4.78, 5) is 23.4. The molecule has 0 saturated carbocycles. The van der Waals surface area contributed by atoms with Crippen LogP contribution < -0.4 is 20.7 Å². The number of hydrogen-bond donors (Lipinski definition) is 3. The summed E-state index contributed by atoms with van der Waals surface area (Å²) in [5.41, 5.74) is 1.70. The van der Waals surface area contributed by atoms with Crippen LogP contribution in [0.4, 0.5) is 10.5 Å². The Balaban J connectivity index is 1.72. The molecule has 3 amide bonds. The summed E-state index contributed by atoms with van der Waals surface area (Å²) < 4.78 is 5.10. The molecule has 3 N–H and O–H groups in total. The van der Waals surface area contributed by atoms with E-state index in [0.29, 0.717) is 12.3 Å². The van der Waals surface area contributed by atoms with Crippen LogP contribution in [0.15, 0.2) is 54.6 Å². The molecule has 6 heteroatoms. The maximum absolute atomic E-state index is 11.7. The van der Waals surface area contributed by atoms with Gasteiger partial charge in [0.25, 0.3) is 0 Å². The number of amides is 3. The van der Waals surface area contributed by atoms with E-state index in [-0.39, 0.29) is 6.54 Å². The first-order valence-corrected chi connectivity index (χ1v) is 7.17. The molecule has 0 radical (unpaired) electrons. The van der Waals surface area contributed by atoms with E-state index < -0.39 is 11.9 Å². The smallest absolute Gasteiger partial charge is 0.321 e. The number of rotatable bonds is 6. The lowest BCUT2D eigenvalue weighted by Crippen LogP contribution is -2.41. The molecule has 0 spiro atoms. The van der Waals surface area contributed by atoms with Crippen LogP contribution in [0.3, 0.4) is 0 Å². The summed E-state index contributed by atoms with van der Waals surface area (Å²) in [5, 5.41) is 7.82. The van der Waals surface area contributed by atoms with Gasteiger partial charge in [-0.25, -0.2) is 4.79 Å². The quantitative estimate of drug-likeness (QED) is 0.763. The third kappa shape index (κ3) is 5.70. The molecule has 0 heterocycles. The summed E-state index contributed by atoms with van der Waals surface area (Å²) in [5.74, 6) is 0.273. The summed E-state index contributed by atoms with van der Waals surface area (Å²) in [6, 6.07) is 16.1. The average molecular weight is 313 g/mol. The van der Waals surface area contributed by atoms with Crippen LogP contribution in [-0.4, -0.2) is 25.6 Å². The maximum Gasteiger partial charge on any atom is 0.321 e. The van der Waals surface area contributed by atoms with E-state index in [1.165, 1.54) is 0 Å². The van der Waals surface area contributed by atoms with Gasteiger partial charge in [-0.3, -0.25) is 10.1 Å². The van der Waals surface area contributed by atoms with Crippen LogP contribution in [0.1, 0.15) is 5.56 Å². The van der Waals surface area contributed by atoms with E-state index in [4.69, 9.17) is 4.74 Å². The Kier molecular flexibility index (Phi) is 5.99. The summed E-state index contributed by atoms with van der Waals surface area (Å²) in [7, 11) is 1.57. The number of anilines is 1. The van der Waals surface area contributed by atoms with E-state index in [9.17, 15) is 9.59 Å². The maximum atomic E-state index is 11.7. The lowest BCUT2D eigenvalue weighted by atomic mass is 10.2. The van der Waals surface area contributed by atoms with Gasteiger partial charge in [-0.2, -0.15) is 0 Å². The van der Waals surface area contributed by atoms with E-state index in [0.717, 1.165) is 11.3 Å². The van der Waals surface area contributed by atoms with Gasteiger partial charge in [0.05, 0.1) is 13.7 Å². The van der Waals surface area contributed by atoms with E-state index in [2.05, 4.69) is 16.0 Å². The van der Waals surface area contributed by atoms with Crippen molar-refractivity contribution < 1.29 is 14.3 Å². The van der Waals surface area contributed by atoms with Crippen LogP contribution in [0.5, 0.6) is 5.75 Å². The lowest BCUT2D eigenvalue weighted by molar-refractivity contribution is -0.118. The van der Waals surface area contributed by atoms with E-state index in [1.807, 2.05) is 48.5 Å². The Morgan fingerprint density at radius 1 is 1.04 bits per heavy atom. The van der Waals surface area contributed by atoms with E-state index in [1.54, 1.807) is 13.2 Å². The number of imide groups is 1. The van der Waals surface area contributed by atoms with Crippen LogP contribution in [0.25, 0.3) is 0 Å². The lowest BCUT2D eigenvalue weighted by Gasteiger charge is -2.09. The third-order valence-corrected chi connectivity index (χ3v) is 3.07. The summed E-state index contributed by atoms with van der Waals surface area (Å²) in [6.45, 7) is 0.356. The first-order chi connectivity index (χ1) is 11.2. The highest BCUT2D eigenvalue weighted by molar-refractivity contribution is 5.96. The van der Waals surface area contributed by atoms with Crippen LogP contribution in [0.2, 0.25) is 0 Å². The van der Waals surface area contributed by atoms with Crippen molar-refractivity contribution >= 4 is 17.6 Å². The standard InChI is InChI=1S/C17H19N3O3/c1-23-15-9-5-8-14(10-15)18-12-16(21)20-17(22)19-11-13-6-3-2-4-7-13/h2-10,18H,11-12H2,1H3,(H2,19,20,21,22). The molecule has 0 aliphatic heterocycles. The molecule has 2 rings (SSSR count). The topological polar surface area (TPSA) is 79.5 Å². The number of nitrogens with one attached hydrogen (secondary N) is 3. The zero-order valence-electron chi connectivity index (χ0n) is 12.8. The fourth-order valence-corrected chi connectivity index (χ4v) is 1.91. The molecule has 120 valence electrons. The first kappa shape index (κ1) is 16.4. The molecule has 23 heavy (non-hydrogen) atoms. The largest absolute Gasteiger partial charge is 0.497 e. The number of ether oxygens (including phenoxy) is 1. The van der Waals surface area contributed by atoms with Crippen molar-refractivity contribution in [3.63, 3.8) is 0 Å². The van der Waals surface area contributed by atoms with Crippen molar-refractivity contribution in [2.45, 2.75) is 6.54 Å². The van der Waals surface area contributed by atoms with Crippen molar-refractivity contribution in [2.24, 2.45) is 0 Å². The molecule has 0 bridgehead atoms. The highest BCUT2D eigenvalue weighted by Crippen LogP contribution is 2.16. The predicted octanol–water partition coefficient (Wildman–Crippen LogP) is 2.13. The normalized spacial score (nSPS) is 9.78. The fourth-order valence-electron chi connectivity index (χ4n) is 1.91. The fraction of sp³-hybridized carbons (Fsp3) is 0.176. The SMILES string of the molecule is COc1cccc(NCC(=O)NC(=O)NCc2ccccc2)c1. The Hall–Kier alpha value is -3.02. The molecular weight excluding hydrogens is 294 g/mol. The van der Waals surface area contributed by atoms with Gasteiger partial charge in [-0.15, -0.1) is 0 Å². The minimum absolute atomic E-state index is 0.00801. The number of hydrogen-bond acceptors (Lipinski definition) is 4. The molecule has 0 fully saturated rings. The Labute approximate surface area is 134 Å². The van der Waals surface area contributed by atoms with E-state index >= 15 is 0 Å². The van der Waals surface area contributed by atoms with Crippen molar-refractivity contribution in [3.8, 4) is 5.75 Å². The number of carbonyl (C=O) groups excluding carboxylic acids is 2. The molecule has 0 aromatic heterocycles. The zero-order chi connectivity index (χ0) is 16.5.